The van der Waals surface area contributed by atoms with Gasteiger partial charge in [0.15, 0.2) is 5.65 Å². The summed E-state index contributed by atoms with van der Waals surface area (Å²) in [5.41, 5.74) is 2.29. The van der Waals surface area contributed by atoms with Gasteiger partial charge in [-0.25, -0.2) is 18.7 Å². The summed E-state index contributed by atoms with van der Waals surface area (Å²) in [7, 11) is 0. The summed E-state index contributed by atoms with van der Waals surface area (Å²) in [6.45, 7) is 5.96. The predicted octanol–water partition coefficient (Wildman–Crippen LogP) is 3.25. The van der Waals surface area contributed by atoms with E-state index in [-0.39, 0.29) is 11.9 Å². The third-order valence-electron chi connectivity index (χ3n) is 5.03. The normalized spacial score (nSPS) is 14.9. The summed E-state index contributed by atoms with van der Waals surface area (Å²) < 4.78 is 29.0. The van der Waals surface area contributed by atoms with Crippen molar-refractivity contribution in [2.75, 3.05) is 31.1 Å². The zero-order chi connectivity index (χ0) is 19.8. The maximum atomic E-state index is 14.0. The number of carbonyl (C=O) groups is 1. The highest BCUT2D eigenvalue weighted by molar-refractivity contribution is 5.96. The van der Waals surface area contributed by atoms with Crippen LogP contribution in [0.25, 0.3) is 11.2 Å². The van der Waals surface area contributed by atoms with Crippen molar-refractivity contribution in [2.24, 2.45) is 0 Å². The molecule has 1 aliphatic heterocycles. The molecule has 8 heteroatoms. The fraction of sp³-hybridized carbons (Fsp3) is 0.350. The molecule has 0 bridgehead atoms. The van der Waals surface area contributed by atoms with Crippen molar-refractivity contribution < 1.29 is 13.6 Å². The van der Waals surface area contributed by atoms with Crippen LogP contribution in [0.15, 0.2) is 36.8 Å². The van der Waals surface area contributed by atoms with Gasteiger partial charge in [-0.15, -0.1) is 0 Å². The Morgan fingerprint density at radius 2 is 1.82 bits per heavy atom. The first-order chi connectivity index (χ1) is 13.4. The van der Waals surface area contributed by atoms with Crippen molar-refractivity contribution >= 4 is 22.8 Å². The van der Waals surface area contributed by atoms with Crippen LogP contribution in [0.5, 0.6) is 0 Å². The molecular weight excluding hydrogens is 364 g/mol. The summed E-state index contributed by atoms with van der Waals surface area (Å²) in [5, 5.41) is 0. The number of imidazole rings is 1. The Labute approximate surface area is 161 Å². The fourth-order valence-corrected chi connectivity index (χ4v) is 3.48. The van der Waals surface area contributed by atoms with E-state index in [1.54, 1.807) is 23.5 Å². The van der Waals surface area contributed by atoms with E-state index in [4.69, 9.17) is 0 Å². The lowest BCUT2D eigenvalue weighted by atomic mass is 10.2. The largest absolute Gasteiger partial charge is 0.366 e. The molecule has 6 nitrogen and oxygen atoms in total. The number of aromatic nitrogens is 3. The molecule has 0 N–H and O–H groups in total. The molecule has 0 atom stereocenters. The molecule has 1 aromatic carbocycles. The number of rotatable bonds is 3. The number of fused-ring (bicyclic) bond motifs is 1. The number of hydrogen-bond acceptors (Lipinski definition) is 4. The maximum absolute atomic E-state index is 14.0. The molecular formula is C20H21F2N5O. The monoisotopic (exact) mass is 385 g/mol. The SMILES string of the molecule is CC(C)n1cnc2cc(C(=O)N3CCN(c4ccc(F)cc4F)CC3)cnc21. The average molecular weight is 385 g/mol. The summed E-state index contributed by atoms with van der Waals surface area (Å²) >= 11 is 0. The van der Waals surface area contributed by atoms with Gasteiger partial charge in [-0.3, -0.25) is 4.79 Å². The minimum atomic E-state index is -0.599. The molecule has 2 aromatic heterocycles. The molecule has 0 saturated carbocycles. The zero-order valence-electron chi connectivity index (χ0n) is 15.8. The van der Waals surface area contributed by atoms with E-state index >= 15 is 0 Å². The van der Waals surface area contributed by atoms with E-state index in [0.29, 0.717) is 42.9 Å². The molecule has 1 aliphatic rings. The fourth-order valence-electron chi connectivity index (χ4n) is 3.48. The third-order valence-corrected chi connectivity index (χ3v) is 5.03. The second-order valence-electron chi connectivity index (χ2n) is 7.19. The summed E-state index contributed by atoms with van der Waals surface area (Å²) in [6.07, 6.45) is 3.31. The van der Waals surface area contributed by atoms with Gasteiger partial charge in [0.2, 0.25) is 0 Å². The smallest absolute Gasteiger partial charge is 0.255 e. The van der Waals surface area contributed by atoms with E-state index in [1.807, 2.05) is 23.3 Å². The van der Waals surface area contributed by atoms with Crippen molar-refractivity contribution in [1.29, 1.82) is 0 Å². The Balaban J connectivity index is 1.47. The lowest BCUT2D eigenvalue weighted by molar-refractivity contribution is 0.0746. The van der Waals surface area contributed by atoms with E-state index in [0.717, 1.165) is 11.7 Å². The van der Waals surface area contributed by atoms with Crippen LogP contribution in [-0.2, 0) is 0 Å². The van der Waals surface area contributed by atoms with Gasteiger partial charge in [0.1, 0.15) is 17.2 Å². The van der Waals surface area contributed by atoms with Crippen LogP contribution in [0.4, 0.5) is 14.5 Å². The van der Waals surface area contributed by atoms with Gasteiger partial charge in [-0.2, -0.15) is 0 Å². The van der Waals surface area contributed by atoms with Crippen molar-refractivity contribution in [3.05, 3.63) is 54.0 Å². The number of nitrogens with zero attached hydrogens (tertiary/aromatic N) is 5. The molecule has 1 saturated heterocycles. The van der Waals surface area contributed by atoms with Gasteiger partial charge in [-0.05, 0) is 32.0 Å². The minimum absolute atomic E-state index is 0.118. The maximum Gasteiger partial charge on any atom is 0.255 e. The highest BCUT2D eigenvalue weighted by atomic mass is 19.1. The van der Waals surface area contributed by atoms with Crippen LogP contribution in [-0.4, -0.2) is 51.5 Å². The van der Waals surface area contributed by atoms with Crippen molar-refractivity contribution in [3.63, 3.8) is 0 Å². The Morgan fingerprint density at radius 3 is 2.50 bits per heavy atom. The first-order valence-corrected chi connectivity index (χ1v) is 9.26. The first kappa shape index (κ1) is 18.3. The van der Waals surface area contributed by atoms with Gasteiger partial charge in [0.25, 0.3) is 5.91 Å². The molecule has 1 fully saturated rings. The number of anilines is 1. The number of halogens is 2. The van der Waals surface area contributed by atoms with Gasteiger partial charge >= 0.3 is 0 Å². The zero-order valence-corrected chi connectivity index (χ0v) is 15.8. The molecule has 1 amide bonds. The van der Waals surface area contributed by atoms with Crippen LogP contribution >= 0.6 is 0 Å². The van der Waals surface area contributed by atoms with E-state index in [9.17, 15) is 13.6 Å². The minimum Gasteiger partial charge on any atom is -0.366 e. The van der Waals surface area contributed by atoms with Gasteiger partial charge in [0.05, 0.1) is 17.6 Å². The molecule has 0 aliphatic carbocycles. The van der Waals surface area contributed by atoms with Crippen LogP contribution in [0.1, 0.15) is 30.2 Å². The van der Waals surface area contributed by atoms with E-state index < -0.39 is 11.6 Å². The van der Waals surface area contributed by atoms with Gasteiger partial charge < -0.3 is 14.4 Å². The third kappa shape index (κ3) is 3.30. The number of hydrogen-bond donors (Lipinski definition) is 0. The summed E-state index contributed by atoms with van der Waals surface area (Å²) in [4.78, 5) is 25.2. The molecule has 3 heterocycles. The van der Waals surface area contributed by atoms with Crippen LogP contribution in [0.3, 0.4) is 0 Å². The molecule has 0 spiro atoms. The second-order valence-corrected chi connectivity index (χ2v) is 7.19. The highest BCUT2D eigenvalue weighted by Gasteiger charge is 2.24. The summed E-state index contributed by atoms with van der Waals surface area (Å²) in [5.74, 6) is -1.30. The van der Waals surface area contributed by atoms with Crippen molar-refractivity contribution in [2.45, 2.75) is 19.9 Å². The Hall–Kier alpha value is -3.03. The van der Waals surface area contributed by atoms with Crippen molar-refractivity contribution in [3.8, 4) is 0 Å². The Kier molecular flexibility index (Phi) is 4.70. The van der Waals surface area contributed by atoms with Gasteiger partial charge in [0, 0.05) is 44.5 Å². The molecule has 146 valence electrons. The molecule has 3 aromatic rings. The molecule has 4 rings (SSSR count). The second kappa shape index (κ2) is 7.18. The number of benzene rings is 1. The number of piperazine rings is 1. The Bertz CT molecular complexity index is 1020. The highest BCUT2D eigenvalue weighted by Crippen LogP contribution is 2.22. The Morgan fingerprint density at radius 1 is 1.07 bits per heavy atom. The average Bonchev–Trinajstić information content (AvgIpc) is 3.11. The lowest BCUT2D eigenvalue weighted by Gasteiger charge is -2.36. The van der Waals surface area contributed by atoms with E-state index in [1.165, 1.54) is 12.1 Å². The van der Waals surface area contributed by atoms with Gasteiger partial charge in [-0.1, -0.05) is 0 Å². The van der Waals surface area contributed by atoms with Crippen LogP contribution in [0.2, 0.25) is 0 Å². The number of amides is 1. The molecule has 0 radical (unpaired) electrons. The number of carbonyl (C=O) groups excluding carboxylic acids is 1. The first-order valence-electron chi connectivity index (χ1n) is 9.26. The predicted molar refractivity (Wildman–Crippen MR) is 102 cm³/mol. The summed E-state index contributed by atoms with van der Waals surface area (Å²) in [6, 6.07) is 5.55. The van der Waals surface area contributed by atoms with Crippen molar-refractivity contribution in [1.82, 2.24) is 19.4 Å². The lowest BCUT2D eigenvalue weighted by Crippen LogP contribution is -2.49. The van der Waals surface area contributed by atoms with Crippen LogP contribution in [0, 0.1) is 11.6 Å². The molecule has 0 unspecified atom stereocenters. The quantitative estimate of drug-likeness (QED) is 0.695. The standard InChI is InChI=1S/C20H21F2N5O/c1-13(2)27-12-24-17-9-14(11-23-19(17)27)20(28)26-7-5-25(6-8-26)18-4-3-15(21)10-16(18)22/h3-4,9-13H,5-8H2,1-2H3. The van der Waals surface area contributed by atoms with Crippen LogP contribution < -0.4 is 4.90 Å². The number of pyridine rings is 1. The van der Waals surface area contributed by atoms with E-state index in [2.05, 4.69) is 9.97 Å². The topological polar surface area (TPSA) is 54.3 Å². The molecule has 28 heavy (non-hydrogen) atoms.